The van der Waals surface area contributed by atoms with Crippen molar-refractivity contribution < 1.29 is 31.3 Å². The van der Waals surface area contributed by atoms with Crippen molar-refractivity contribution in [2.45, 2.75) is 0 Å². The molecule has 0 heterocycles. The van der Waals surface area contributed by atoms with Gasteiger partial charge in [-0.3, -0.25) is 0 Å². The van der Waals surface area contributed by atoms with E-state index in [-0.39, 0.29) is 32.6 Å². The van der Waals surface area contributed by atoms with E-state index in [0.717, 1.165) is 0 Å². The standard InChI is InChI=1S/C6H5O2.W/c7-5-3-1-2-4-6(5)8;/h1,3-4,7-8H;/q-1;. The monoisotopic (exact) mass is 293 g/mol. The van der Waals surface area contributed by atoms with Crippen molar-refractivity contribution in [3.8, 4) is 11.5 Å². The minimum absolute atomic E-state index is 0. The van der Waals surface area contributed by atoms with Crippen LogP contribution in [0.2, 0.25) is 0 Å². The zero-order valence-electron chi connectivity index (χ0n) is 4.53. The molecular formula is C6H5O2W-. The van der Waals surface area contributed by atoms with Crippen molar-refractivity contribution in [1.29, 1.82) is 0 Å². The summed E-state index contributed by atoms with van der Waals surface area (Å²) in [7, 11) is 0. The summed E-state index contributed by atoms with van der Waals surface area (Å²) in [5, 5.41) is 17.3. The molecule has 48 valence electrons. The van der Waals surface area contributed by atoms with Gasteiger partial charge in [0.25, 0.3) is 0 Å². The molecule has 0 spiro atoms. The number of hydrogen-bond acceptors (Lipinski definition) is 2. The van der Waals surface area contributed by atoms with E-state index in [0.29, 0.717) is 0 Å². The van der Waals surface area contributed by atoms with Crippen LogP contribution in [0.3, 0.4) is 0 Å². The van der Waals surface area contributed by atoms with Gasteiger partial charge in [-0.2, -0.15) is 12.1 Å². The van der Waals surface area contributed by atoms with E-state index in [9.17, 15) is 0 Å². The van der Waals surface area contributed by atoms with Gasteiger partial charge in [0.2, 0.25) is 0 Å². The number of phenols is 2. The summed E-state index contributed by atoms with van der Waals surface area (Å²) in [6, 6.07) is 6.79. The number of phenolic OH excluding ortho intramolecular Hbond substituents is 2. The molecule has 0 bridgehead atoms. The van der Waals surface area contributed by atoms with E-state index in [2.05, 4.69) is 6.07 Å². The van der Waals surface area contributed by atoms with Crippen LogP contribution in [0.1, 0.15) is 0 Å². The Kier molecular flexibility index (Phi) is 3.33. The molecule has 0 fully saturated rings. The Balaban J connectivity index is 0.000000640. The normalized spacial score (nSPS) is 8.00. The fraction of sp³-hybridized carbons (Fsp3) is 0. The van der Waals surface area contributed by atoms with E-state index >= 15 is 0 Å². The molecule has 1 rings (SSSR count). The van der Waals surface area contributed by atoms with Crippen LogP contribution in [-0.4, -0.2) is 10.2 Å². The van der Waals surface area contributed by atoms with Gasteiger partial charge in [-0.15, -0.1) is 12.1 Å². The number of hydrogen-bond donors (Lipinski definition) is 2. The van der Waals surface area contributed by atoms with Gasteiger partial charge >= 0.3 is 0 Å². The molecule has 0 aliphatic rings. The fourth-order valence-corrected chi connectivity index (χ4v) is 0.413. The molecule has 0 radical (unpaired) electrons. The molecule has 1 aromatic carbocycles. The van der Waals surface area contributed by atoms with Crippen LogP contribution in [-0.2, 0) is 21.1 Å². The molecular weight excluding hydrogens is 288 g/mol. The van der Waals surface area contributed by atoms with Gasteiger partial charge in [-0.25, -0.2) is 0 Å². The first-order chi connectivity index (χ1) is 3.80. The van der Waals surface area contributed by atoms with Crippen molar-refractivity contribution in [2.75, 3.05) is 0 Å². The predicted molar refractivity (Wildman–Crippen MR) is 28.6 cm³/mol. The molecule has 0 aliphatic heterocycles. The van der Waals surface area contributed by atoms with Gasteiger partial charge in [-0.1, -0.05) is 0 Å². The molecule has 0 aromatic heterocycles. The van der Waals surface area contributed by atoms with Crippen LogP contribution < -0.4 is 0 Å². The number of benzene rings is 1. The maximum absolute atomic E-state index is 8.65. The van der Waals surface area contributed by atoms with Gasteiger partial charge in [0, 0.05) is 32.6 Å². The van der Waals surface area contributed by atoms with Crippen LogP contribution in [0, 0.1) is 6.07 Å². The first kappa shape index (κ1) is 8.51. The average Bonchev–Trinajstić information content (AvgIpc) is 1.77. The zero-order valence-corrected chi connectivity index (χ0v) is 7.47. The maximum Gasteiger partial charge on any atom is 0.0485 e. The Bertz CT molecular complexity index is 167. The van der Waals surface area contributed by atoms with Crippen molar-refractivity contribution in [3.05, 3.63) is 24.3 Å². The molecule has 0 saturated carbocycles. The minimum atomic E-state index is -0.132. The molecule has 0 aliphatic carbocycles. The molecule has 1 aromatic rings. The summed E-state index contributed by atoms with van der Waals surface area (Å²) >= 11 is 0. The van der Waals surface area contributed by atoms with Gasteiger partial charge in [-0.05, 0) is 0 Å². The van der Waals surface area contributed by atoms with Crippen molar-refractivity contribution in [3.63, 3.8) is 0 Å². The molecule has 2 nitrogen and oxygen atoms in total. The second kappa shape index (κ2) is 3.52. The second-order valence-corrected chi connectivity index (χ2v) is 1.41. The predicted octanol–water partition coefficient (Wildman–Crippen LogP) is 0.895. The maximum atomic E-state index is 8.65. The Morgan fingerprint density at radius 2 is 1.89 bits per heavy atom. The first-order valence-corrected chi connectivity index (χ1v) is 2.19. The van der Waals surface area contributed by atoms with E-state index in [4.69, 9.17) is 10.2 Å². The largest absolute Gasteiger partial charge is 0.562 e. The van der Waals surface area contributed by atoms with Crippen molar-refractivity contribution in [2.24, 2.45) is 0 Å². The number of rotatable bonds is 0. The minimum Gasteiger partial charge on any atom is -0.562 e. The Morgan fingerprint density at radius 3 is 2.22 bits per heavy atom. The molecule has 0 unspecified atom stereocenters. The van der Waals surface area contributed by atoms with Gasteiger partial charge in [0.15, 0.2) is 0 Å². The van der Waals surface area contributed by atoms with Crippen LogP contribution in [0.15, 0.2) is 18.2 Å². The summed E-state index contributed by atoms with van der Waals surface area (Å²) < 4.78 is 0. The van der Waals surface area contributed by atoms with Crippen molar-refractivity contribution in [1.82, 2.24) is 0 Å². The Labute approximate surface area is 67.4 Å². The molecule has 3 heteroatoms. The summed E-state index contributed by atoms with van der Waals surface area (Å²) in [4.78, 5) is 0. The van der Waals surface area contributed by atoms with Crippen molar-refractivity contribution >= 4 is 0 Å². The Hall–Kier alpha value is -0.492. The quantitative estimate of drug-likeness (QED) is 0.551. The third-order valence-corrected chi connectivity index (χ3v) is 0.820. The van der Waals surface area contributed by atoms with Crippen LogP contribution in [0.25, 0.3) is 0 Å². The average molecular weight is 293 g/mol. The SMILES string of the molecule is Oc1c[c-]ccc1O.[W]. The van der Waals surface area contributed by atoms with Gasteiger partial charge in [0.05, 0.1) is 0 Å². The second-order valence-electron chi connectivity index (χ2n) is 1.41. The summed E-state index contributed by atoms with van der Waals surface area (Å²) in [5.74, 6) is -0.240. The third-order valence-electron chi connectivity index (χ3n) is 0.820. The summed E-state index contributed by atoms with van der Waals surface area (Å²) in [5.41, 5.74) is 0. The number of aromatic hydroxyl groups is 2. The van der Waals surface area contributed by atoms with Crippen LogP contribution in [0.5, 0.6) is 11.5 Å². The third kappa shape index (κ3) is 2.06. The summed E-state index contributed by atoms with van der Waals surface area (Å²) in [6.07, 6.45) is 0. The van der Waals surface area contributed by atoms with E-state index in [1.54, 1.807) is 0 Å². The van der Waals surface area contributed by atoms with E-state index in [1.165, 1.54) is 18.2 Å². The molecule has 2 N–H and O–H groups in total. The topological polar surface area (TPSA) is 40.5 Å². The van der Waals surface area contributed by atoms with E-state index in [1.807, 2.05) is 0 Å². The summed E-state index contributed by atoms with van der Waals surface area (Å²) in [6.45, 7) is 0. The smallest absolute Gasteiger partial charge is 0.0485 e. The first-order valence-electron chi connectivity index (χ1n) is 2.19. The molecule has 0 atom stereocenters. The van der Waals surface area contributed by atoms with Crippen LogP contribution >= 0.6 is 0 Å². The fourth-order valence-electron chi connectivity index (χ4n) is 0.413. The van der Waals surface area contributed by atoms with E-state index < -0.39 is 0 Å². The molecule has 9 heavy (non-hydrogen) atoms. The van der Waals surface area contributed by atoms with Gasteiger partial charge < -0.3 is 10.2 Å². The van der Waals surface area contributed by atoms with Gasteiger partial charge in [0.1, 0.15) is 0 Å². The zero-order chi connectivity index (χ0) is 5.98. The molecule has 0 amide bonds. The molecule has 0 saturated heterocycles. The van der Waals surface area contributed by atoms with Crippen LogP contribution in [0.4, 0.5) is 0 Å². The Morgan fingerprint density at radius 1 is 1.22 bits per heavy atom.